The van der Waals surface area contributed by atoms with Crippen LogP contribution in [-0.2, 0) is 4.79 Å². The average Bonchev–Trinajstić information content (AvgIpc) is 2.39. The number of rotatable bonds is 3. The van der Waals surface area contributed by atoms with Crippen molar-refractivity contribution in [3.63, 3.8) is 0 Å². The predicted octanol–water partition coefficient (Wildman–Crippen LogP) is 2.95. The monoisotopic (exact) mass is 258 g/mol. The summed E-state index contributed by atoms with van der Waals surface area (Å²) in [7, 11) is 0. The van der Waals surface area contributed by atoms with E-state index in [1.165, 1.54) is 18.2 Å². The normalized spacial score (nSPS) is 12.1. The second kappa shape index (κ2) is 5.02. The van der Waals surface area contributed by atoms with Crippen LogP contribution in [0.15, 0.2) is 42.5 Å². The Labute approximate surface area is 110 Å². The number of carboxylic acids is 1. The second-order valence-corrected chi connectivity index (χ2v) is 4.38. The fourth-order valence-electron chi connectivity index (χ4n) is 1.85. The zero-order chi connectivity index (χ0) is 14.0. The molecule has 0 radical (unpaired) electrons. The van der Waals surface area contributed by atoms with E-state index in [1.54, 1.807) is 31.2 Å². The Morgan fingerprint density at radius 1 is 1.05 bits per heavy atom. The number of hydrogen-bond donors (Lipinski definition) is 3. The largest absolute Gasteiger partial charge is 0.508 e. The van der Waals surface area contributed by atoms with Gasteiger partial charge in [0.2, 0.25) is 0 Å². The van der Waals surface area contributed by atoms with Crippen LogP contribution in [0.3, 0.4) is 0 Å². The molecule has 0 aliphatic carbocycles. The van der Waals surface area contributed by atoms with Crippen molar-refractivity contribution in [3.8, 4) is 22.6 Å². The van der Waals surface area contributed by atoms with Crippen LogP contribution in [0.25, 0.3) is 11.1 Å². The van der Waals surface area contributed by atoms with E-state index in [0.29, 0.717) is 11.1 Å². The maximum absolute atomic E-state index is 10.9. The lowest BCUT2D eigenvalue weighted by atomic mass is 9.96. The van der Waals surface area contributed by atoms with Gasteiger partial charge in [0.05, 0.1) is 5.92 Å². The van der Waals surface area contributed by atoms with Crippen molar-refractivity contribution >= 4 is 5.97 Å². The first kappa shape index (κ1) is 13.0. The van der Waals surface area contributed by atoms with Gasteiger partial charge in [0.15, 0.2) is 0 Å². The molecule has 0 heterocycles. The van der Waals surface area contributed by atoms with Crippen molar-refractivity contribution in [3.05, 3.63) is 48.0 Å². The van der Waals surface area contributed by atoms with E-state index in [4.69, 9.17) is 5.11 Å². The number of phenolic OH excluding ortho intramolecular Hbond substituents is 2. The molecule has 1 atom stereocenters. The topological polar surface area (TPSA) is 77.8 Å². The number of benzene rings is 2. The summed E-state index contributed by atoms with van der Waals surface area (Å²) in [6.07, 6.45) is 0. The predicted molar refractivity (Wildman–Crippen MR) is 71.3 cm³/mol. The van der Waals surface area contributed by atoms with Gasteiger partial charge in [-0.1, -0.05) is 24.3 Å². The van der Waals surface area contributed by atoms with E-state index in [1.807, 2.05) is 0 Å². The Hall–Kier alpha value is -2.49. The van der Waals surface area contributed by atoms with Crippen molar-refractivity contribution in [2.75, 3.05) is 0 Å². The summed E-state index contributed by atoms with van der Waals surface area (Å²) >= 11 is 0. The van der Waals surface area contributed by atoms with E-state index < -0.39 is 11.9 Å². The Morgan fingerprint density at radius 2 is 1.68 bits per heavy atom. The van der Waals surface area contributed by atoms with Gasteiger partial charge in [-0.05, 0) is 36.2 Å². The summed E-state index contributed by atoms with van der Waals surface area (Å²) in [5.74, 6) is -1.42. The molecule has 2 rings (SSSR count). The van der Waals surface area contributed by atoms with Gasteiger partial charge in [-0.2, -0.15) is 0 Å². The van der Waals surface area contributed by atoms with Gasteiger partial charge in [0.1, 0.15) is 11.5 Å². The molecule has 0 aliphatic heterocycles. The molecule has 0 saturated heterocycles. The van der Waals surface area contributed by atoms with E-state index in [0.717, 1.165) is 5.56 Å². The summed E-state index contributed by atoms with van der Waals surface area (Å²) in [5.41, 5.74) is 1.90. The minimum atomic E-state index is -0.934. The lowest BCUT2D eigenvalue weighted by molar-refractivity contribution is -0.138. The highest BCUT2D eigenvalue weighted by Crippen LogP contribution is 2.32. The highest BCUT2D eigenvalue weighted by molar-refractivity contribution is 5.77. The molecule has 3 N–H and O–H groups in total. The standard InChI is InChI=1S/C15H14O4/c1-9(15(18)19)11-4-7-13(14(17)8-11)10-2-5-12(16)6-3-10/h2-9,16-17H,1H3,(H,18,19). The van der Waals surface area contributed by atoms with Crippen LogP contribution in [0.2, 0.25) is 0 Å². The van der Waals surface area contributed by atoms with E-state index in [9.17, 15) is 15.0 Å². The van der Waals surface area contributed by atoms with Crippen molar-refractivity contribution in [2.24, 2.45) is 0 Å². The summed E-state index contributed by atoms with van der Waals surface area (Å²) in [6.45, 7) is 1.57. The second-order valence-electron chi connectivity index (χ2n) is 4.38. The molecular formula is C15H14O4. The lowest BCUT2D eigenvalue weighted by Crippen LogP contribution is -2.07. The minimum Gasteiger partial charge on any atom is -0.508 e. The summed E-state index contributed by atoms with van der Waals surface area (Å²) < 4.78 is 0. The van der Waals surface area contributed by atoms with Gasteiger partial charge in [0.25, 0.3) is 0 Å². The molecule has 0 fully saturated rings. The molecule has 4 nitrogen and oxygen atoms in total. The number of phenols is 2. The molecule has 2 aromatic rings. The van der Waals surface area contributed by atoms with Gasteiger partial charge in [-0.15, -0.1) is 0 Å². The Morgan fingerprint density at radius 3 is 2.21 bits per heavy atom. The molecule has 0 bridgehead atoms. The molecule has 2 aromatic carbocycles. The van der Waals surface area contributed by atoms with Gasteiger partial charge >= 0.3 is 5.97 Å². The third kappa shape index (κ3) is 2.68. The van der Waals surface area contributed by atoms with Crippen LogP contribution in [-0.4, -0.2) is 21.3 Å². The maximum Gasteiger partial charge on any atom is 0.310 e. The first-order valence-electron chi connectivity index (χ1n) is 5.84. The molecular weight excluding hydrogens is 244 g/mol. The quantitative estimate of drug-likeness (QED) is 0.791. The van der Waals surface area contributed by atoms with Crippen molar-refractivity contribution in [2.45, 2.75) is 12.8 Å². The van der Waals surface area contributed by atoms with Crippen LogP contribution in [0.1, 0.15) is 18.4 Å². The lowest BCUT2D eigenvalue weighted by Gasteiger charge is -2.10. The van der Waals surface area contributed by atoms with Gasteiger partial charge in [0, 0.05) is 5.56 Å². The van der Waals surface area contributed by atoms with Crippen molar-refractivity contribution in [1.82, 2.24) is 0 Å². The van der Waals surface area contributed by atoms with Crippen LogP contribution >= 0.6 is 0 Å². The molecule has 4 heteroatoms. The first-order chi connectivity index (χ1) is 8.99. The number of aromatic hydroxyl groups is 2. The van der Waals surface area contributed by atoms with Crippen molar-refractivity contribution < 1.29 is 20.1 Å². The van der Waals surface area contributed by atoms with Gasteiger partial charge in [-0.3, -0.25) is 4.79 Å². The Bertz CT molecular complexity index is 602. The highest BCUT2D eigenvalue weighted by Gasteiger charge is 2.15. The first-order valence-corrected chi connectivity index (χ1v) is 5.84. The summed E-state index contributed by atoms with van der Waals surface area (Å²) in [6, 6.07) is 11.2. The number of aliphatic carboxylic acids is 1. The molecule has 0 aliphatic rings. The van der Waals surface area contributed by atoms with E-state index in [2.05, 4.69) is 0 Å². The van der Waals surface area contributed by atoms with Crippen LogP contribution < -0.4 is 0 Å². The molecule has 1 unspecified atom stereocenters. The molecule has 98 valence electrons. The van der Waals surface area contributed by atoms with Crippen LogP contribution in [0.4, 0.5) is 0 Å². The number of carbonyl (C=O) groups is 1. The van der Waals surface area contributed by atoms with Gasteiger partial charge < -0.3 is 15.3 Å². The van der Waals surface area contributed by atoms with Crippen LogP contribution in [0, 0.1) is 0 Å². The third-order valence-electron chi connectivity index (χ3n) is 3.07. The Kier molecular flexibility index (Phi) is 3.42. The van der Waals surface area contributed by atoms with Gasteiger partial charge in [-0.25, -0.2) is 0 Å². The summed E-state index contributed by atoms with van der Waals surface area (Å²) in [4.78, 5) is 10.9. The minimum absolute atomic E-state index is 0.0243. The zero-order valence-electron chi connectivity index (χ0n) is 10.4. The number of hydrogen-bond acceptors (Lipinski definition) is 3. The van der Waals surface area contributed by atoms with E-state index >= 15 is 0 Å². The smallest absolute Gasteiger partial charge is 0.310 e. The number of carboxylic acid groups (broad SMARTS) is 1. The maximum atomic E-state index is 10.9. The highest BCUT2D eigenvalue weighted by atomic mass is 16.4. The molecule has 0 aromatic heterocycles. The van der Waals surface area contributed by atoms with Crippen LogP contribution in [0.5, 0.6) is 11.5 Å². The fraction of sp³-hybridized carbons (Fsp3) is 0.133. The molecule has 0 saturated carbocycles. The average molecular weight is 258 g/mol. The Balaban J connectivity index is 2.39. The molecule has 0 spiro atoms. The molecule has 0 amide bonds. The van der Waals surface area contributed by atoms with Crippen molar-refractivity contribution in [1.29, 1.82) is 0 Å². The SMILES string of the molecule is CC(C(=O)O)c1ccc(-c2ccc(O)cc2)c(O)c1. The van der Waals surface area contributed by atoms with E-state index in [-0.39, 0.29) is 11.5 Å². The fourth-order valence-corrected chi connectivity index (χ4v) is 1.85. The summed E-state index contributed by atoms with van der Waals surface area (Å²) in [5, 5.41) is 28.1. The third-order valence-corrected chi connectivity index (χ3v) is 3.07. The zero-order valence-corrected chi connectivity index (χ0v) is 10.4. The molecule has 19 heavy (non-hydrogen) atoms.